The largest absolute Gasteiger partial charge is 0.481 e. The maximum absolute atomic E-state index is 11.3. The molecule has 7 heteroatoms. The lowest BCUT2D eigenvalue weighted by Crippen LogP contribution is -2.38. The van der Waals surface area contributed by atoms with Crippen LogP contribution >= 0.6 is 11.3 Å². The minimum absolute atomic E-state index is 0.277. The molecule has 1 atom stereocenters. The molecule has 4 heterocycles. The van der Waals surface area contributed by atoms with Crippen molar-refractivity contribution in [3.8, 4) is 10.6 Å². The molecular formula is C17H18N4O2S. The molecule has 24 heavy (non-hydrogen) atoms. The van der Waals surface area contributed by atoms with Gasteiger partial charge >= 0.3 is 5.97 Å². The van der Waals surface area contributed by atoms with E-state index in [1.807, 2.05) is 28.1 Å². The van der Waals surface area contributed by atoms with E-state index < -0.39 is 5.97 Å². The molecule has 1 aliphatic rings. The molecule has 3 aromatic rings. The van der Waals surface area contributed by atoms with E-state index in [9.17, 15) is 9.90 Å². The standard InChI is InChI=1S/C17H18N4O2S/c22-16(23)12-4-1-7-20(10-12)11-13-15(14-5-2-9-24-14)19-17-18-6-3-8-21(13)17/h2-3,5-6,8-9,12H,1,4,7,10-11H2,(H,22,23). The number of aromatic nitrogens is 3. The SMILES string of the molecule is O=C(O)C1CCCN(Cc2c(-c3cccs3)nc3ncccn23)C1. The van der Waals surface area contributed by atoms with E-state index in [0.29, 0.717) is 18.9 Å². The van der Waals surface area contributed by atoms with Crippen LogP contribution in [0.1, 0.15) is 18.5 Å². The number of carbonyl (C=O) groups is 1. The van der Waals surface area contributed by atoms with E-state index >= 15 is 0 Å². The van der Waals surface area contributed by atoms with Crippen LogP contribution in [0.5, 0.6) is 0 Å². The summed E-state index contributed by atoms with van der Waals surface area (Å²) >= 11 is 1.66. The molecule has 124 valence electrons. The fourth-order valence-electron chi connectivity index (χ4n) is 3.31. The molecule has 1 saturated heterocycles. The average Bonchev–Trinajstić information content (AvgIpc) is 3.23. The summed E-state index contributed by atoms with van der Waals surface area (Å²) in [5.41, 5.74) is 2.02. The van der Waals surface area contributed by atoms with Gasteiger partial charge < -0.3 is 5.11 Å². The van der Waals surface area contributed by atoms with Crippen LogP contribution < -0.4 is 0 Å². The number of piperidine rings is 1. The summed E-state index contributed by atoms with van der Waals surface area (Å²) in [6.07, 6.45) is 5.39. The number of carboxylic acids is 1. The summed E-state index contributed by atoms with van der Waals surface area (Å²) in [7, 11) is 0. The van der Waals surface area contributed by atoms with Gasteiger partial charge in [0.1, 0.15) is 5.69 Å². The lowest BCUT2D eigenvalue weighted by Gasteiger charge is -2.30. The summed E-state index contributed by atoms with van der Waals surface area (Å²) in [4.78, 5) is 23.7. The summed E-state index contributed by atoms with van der Waals surface area (Å²) in [6, 6.07) is 5.97. The summed E-state index contributed by atoms with van der Waals surface area (Å²) in [5.74, 6) is -0.290. The van der Waals surface area contributed by atoms with Crippen molar-refractivity contribution >= 4 is 23.1 Å². The number of fused-ring (bicyclic) bond motifs is 1. The third-order valence-electron chi connectivity index (χ3n) is 4.49. The number of rotatable bonds is 4. The van der Waals surface area contributed by atoms with E-state index in [0.717, 1.165) is 35.7 Å². The van der Waals surface area contributed by atoms with Crippen LogP contribution in [-0.4, -0.2) is 43.4 Å². The molecule has 0 radical (unpaired) electrons. The van der Waals surface area contributed by atoms with Crippen LogP contribution in [0.25, 0.3) is 16.3 Å². The van der Waals surface area contributed by atoms with Crippen LogP contribution in [-0.2, 0) is 11.3 Å². The molecule has 1 N–H and O–H groups in total. The van der Waals surface area contributed by atoms with Gasteiger partial charge in [-0.1, -0.05) is 6.07 Å². The number of hydrogen-bond donors (Lipinski definition) is 1. The van der Waals surface area contributed by atoms with Gasteiger partial charge in [0.15, 0.2) is 0 Å². The maximum Gasteiger partial charge on any atom is 0.307 e. The molecule has 0 spiro atoms. The molecule has 3 aromatic heterocycles. The summed E-state index contributed by atoms with van der Waals surface area (Å²) < 4.78 is 2.01. The van der Waals surface area contributed by atoms with E-state index in [2.05, 4.69) is 16.0 Å². The Morgan fingerprint density at radius 2 is 2.33 bits per heavy atom. The molecule has 0 amide bonds. The van der Waals surface area contributed by atoms with Crippen molar-refractivity contribution in [3.63, 3.8) is 0 Å². The zero-order valence-electron chi connectivity index (χ0n) is 13.1. The Morgan fingerprint density at radius 1 is 1.42 bits per heavy atom. The van der Waals surface area contributed by atoms with E-state index in [4.69, 9.17) is 4.98 Å². The number of nitrogens with zero attached hydrogens (tertiary/aromatic N) is 4. The van der Waals surface area contributed by atoms with Crippen molar-refractivity contribution in [2.45, 2.75) is 19.4 Å². The van der Waals surface area contributed by atoms with Crippen LogP contribution in [0.15, 0.2) is 36.0 Å². The average molecular weight is 342 g/mol. The zero-order chi connectivity index (χ0) is 16.5. The summed E-state index contributed by atoms with van der Waals surface area (Å²) in [5, 5.41) is 11.3. The molecular weight excluding hydrogens is 324 g/mol. The lowest BCUT2D eigenvalue weighted by atomic mass is 9.98. The van der Waals surface area contributed by atoms with Crippen molar-refractivity contribution in [1.29, 1.82) is 0 Å². The van der Waals surface area contributed by atoms with Crippen molar-refractivity contribution in [1.82, 2.24) is 19.3 Å². The topological polar surface area (TPSA) is 70.7 Å². The van der Waals surface area contributed by atoms with Gasteiger partial charge in [-0.3, -0.25) is 14.1 Å². The Labute approximate surface area is 143 Å². The predicted octanol–water partition coefficient (Wildman–Crippen LogP) is 2.75. The Morgan fingerprint density at radius 3 is 3.12 bits per heavy atom. The smallest absolute Gasteiger partial charge is 0.307 e. The maximum atomic E-state index is 11.3. The van der Waals surface area contributed by atoms with Crippen LogP contribution in [0, 0.1) is 5.92 Å². The second kappa shape index (κ2) is 6.33. The highest BCUT2D eigenvalue weighted by Gasteiger charge is 2.27. The third-order valence-corrected chi connectivity index (χ3v) is 5.36. The van der Waals surface area contributed by atoms with Gasteiger partial charge in [-0.15, -0.1) is 11.3 Å². The molecule has 0 aromatic carbocycles. The second-order valence-electron chi connectivity index (χ2n) is 6.09. The second-order valence-corrected chi connectivity index (χ2v) is 7.03. The van der Waals surface area contributed by atoms with Crippen LogP contribution in [0.3, 0.4) is 0 Å². The first-order chi connectivity index (χ1) is 11.7. The fraction of sp³-hybridized carbons (Fsp3) is 0.353. The van der Waals surface area contributed by atoms with Gasteiger partial charge in [-0.25, -0.2) is 9.97 Å². The van der Waals surface area contributed by atoms with Gasteiger partial charge in [0, 0.05) is 25.5 Å². The quantitative estimate of drug-likeness (QED) is 0.789. The van der Waals surface area contributed by atoms with Crippen molar-refractivity contribution in [3.05, 3.63) is 41.7 Å². The lowest BCUT2D eigenvalue weighted by molar-refractivity contribution is -0.143. The van der Waals surface area contributed by atoms with Gasteiger partial charge in [0.2, 0.25) is 5.78 Å². The summed E-state index contributed by atoms with van der Waals surface area (Å²) in [6.45, 7) is 2.19. The Kier molecular flexibility index (Phi) is 4.03. The van der Waals surface area contributed by atoms with Gasteiger partial charge in [-0.05, 0) is 36.9 Å². The van der Waals surface area contributed by atoms with Gasteiger partial charge in [0.25, 0.3) is 0 Å². The highest BCUT2D eigenvalue weighted by Crippen LogP contribution is 2.29. The van der Waals surface area contributed by atoms with Crippen molar-refractivity contribution in [2.24, 2.45) is 5.92 Å². The highest BCUT2D eigenvalue weighted by atomic mass is 32.1. The van der Waals surface area contributed by atoms with E-state index in [1.165, 1.54) is 0 Å². The first kappa shape index (κ1) is 15.3. The van der Waals surface area contributed by atoms with Crippen molar-refractivity contribution in [2.75, 3.05) is 13.1 Å². The highest BCUT2D eigenvalue weighted by molar-refractivity contribution is 7.13. The molecule has 0 bridgehead atoms. The monoisotopic (exact) mass is 342 g/mol. The van der Waals surface area contributed by atoms with E-state index in [-0.39, 0.29) is 5.92 Å². The van der Waals surface area contributed by atoms with Crippen LogP contribution in [0.4, 0.5) is 0 Å². The number of thiophene rings is 1. The minimum Gasteiger partial charge on any atom is -0.481 e. The predicted molar refractivity (Wildman–Crippen MR) is 91.9 cm³/mol. The van der Waals surface area contributed by atoms with Crippen LogP contribution in [0.2, 0.25) is 0 Å². The number of aliphatic carboxylic acids is 1. The third kappa shape index (κ3) is 2.81. The number of carboxylic acid groups (broad SMARTS) is 1. The first-order valence-electron chi connectivity index (χ1n) is 8.03. The number of hydrogen-bond acceptors (Lipinski definition) is 5. The fourth-order valence-corrected chi connectivity index (χ4v) is 4.05. The zero-order valence-corrected chi connectivity index (χ0v) is 13.9. The Balaban J connectivity index is 1.70. The molecule has 6 nitrogen and oxygen atoms in total. The minimum atomic E-state index is -0.696. The number of imidazole rings is 1. The first-order valence-corrected chi connectivity index (χ1v) is 8.91. The van der Waals surface area contributed by atoms with Crippen molar-refractivity contribution < 1.29 is 9.90 Å². The molecule has 0 saturated carbocycles. The molecule has 1 aliphatic heterocycles. The van der Waals surface area contributed by atoms with E-state index in [1.54, 1.807) is 17.5 Å². The Hall–Kier alpha value is -2.25. The normalized spacial score (nSPS) is 18.9. The molecule has 0 aliphatic carbocycles. The molecule has 1 fully saturated rings. The molecule has 1 unspecified atom stereocenters. The molecule has 4 rings (SSSR count). The Bertz CT molecular complexity index is 859. The van der Waals surface area contributed by atoms with Gasteiger partial charge in [0.05, 0.1) is 16.5 Å². The van der Waals surface area contributed by atoms with Gasteiger partial charge in [-0.2, -0.15) is 0 Å². The number of likely N-dealkylation sites (tertiary alicyclic amines) is 1.